The summed E-state index contributed by atoms with van der Waals surface area (Å²) in [5, 5.41) is 0. The largest absolute Gasteiger partial charge is 0.303 e. The van der Waals surface area contributed by atoms with Gasteiger partial charge in [0.05, 0.1) is 0 Å². The molecule has 0 aliphatic heterocycles. The monoisotopic (exact) mass is 142 g/mol. The summed E-state index contributed by atoms with van der Waals surface area (Å²) in [7, 11) is 0. The van der Waals surface area contributed by atoms with Crippen molar-refractivity contribution in [2.45, 2.75) is 26.7 Å². The molecule has 0 saturated heterocycles. The molecule has 0 bridgehead atoms. The van der Waals surface area contributed by atoms with E-state index < -0.39 is 0 Å². The van der Waals surface area contributed by atoms with E-state index in [1.165, 1.54) is 0 Å². The number of rotatable bonds is 5. The molecule has 0 aliphatic rings. The minimum atomic E-state index is 0.0604. The molecule has 0 N–H and O–H groups in total. The lowest BCUT2D eigenvalue weighted by atomic mass is 9.91. The van der Waals surface area contributed by atoms with Crippen molar-refractivity contribution >= 4 is 12.6 Å². The quantitative estimate of drug-likeness (QED) is 0.544. The molecule has 0 fully saturated rings. The molecule has 10 heavy (non-hydrogen) atoms. The molecule has 2 nitrogen and oxygen atoms in total. The van der Waals surface area contributed by atoms with Crippen LogP contribution in [0.4, 0.5) is 0 Å². The van der Waals surface area contributed by atoms with Gasteiger partial charge in [-0.25, -0.2) is 0 Å². The molecule has 0 radical (unpaired) electrons. The summed E-state index contributed by atoms with van der Waals surface area (Å²) in [4.78, 5) is 20.4. The van der Waals surface area contributed by atoms with Crippen molar-refractivity contribution in [1.29, 1.82) is 0 Å². The smallest absolute Gasteiger partial charge is 0.123 e. The third kappa shape index (κ3) is 2.76. The summed E-state index contributed by atoms with van der Waals surface area (Å²) in [6.45, 7) is 3.89. The first-order valence-corrected chi connectivity index (χ1v) is 3.65. The standard InChI is InChI=1S/C8H14O2/c1-3-8(6-10)7(2)4-5-9/h5-8H,3-4H2,1-2H3. The molecule has 0 amide bonds. The molecular formula is C8H14O2. The molecule has 2 unspecified atom stereocenters. The highest BCUT2D eigenvalue weighted by Gasteiger charge is 2.12. The van der Waals surface area contributed by atoms with Crippen molar-refractivity contribution in [2.24, 2.45) is 11.8 Å². The van der Waals surface area contributed by atoms with E-state index in [1.807, 2.05) is 13.8 Å². The SMILES string of the molecule is CCC(C=O)C(C)CC=O. The van der Waals surface area contributed by atoms with Crippen molar-refractivity contribution in [1.82, 2.24) is 0 Å². The van der Waals surface area contributed by atoms with E-state index in [0.29, 0.717) is 6.42 Å². The fraction of sp³-hybridized carbons (Fsp3) is 0.750. The van der Waals surface area contributed by atoms with Crippen LogP contribution in [0.1, 0.15) is 26.7 Å². The lowest BCUT2D eigenvalue weighted by molar-refractivity contribution is -0.113. The minimum absolute atomic E-state index is 0.0604. The van der Waals surface area contributed by atoms with Crippen molar-refractivity contribution in [3.05, 3.63) is 0 Å². The molecule has 0 spiro atoms. The molecular weight excluding hydrogens is 128 g/mol. The topological polar surface area (TPSA) is 34.1 Å². The van der Waals surface area contributed by atoms with E-state index in [4.69, 9.17) is 0 Å². The molecule has 0 aromatic rings. The average molecular weight is 142 g/mol. The highest BCUT2D eigenvalue weighted by molar-refractivity contribution is 5.56. The van der Waals surface area contributed by atoms with Crippen LogP contribution in [0.25, 0.3) is 0 Å². The van der Waals surface area contributed by atoms with Gasteiger partial charge < -0.3 is 9.59 Å². The van der Waals surface area contributed by atoms with Crippen molar-refractivity contribution in [3.8, 4) is 0 Å². The van der Waals surface area contributed by atoms with Gasteiger partial charge in [0.25, 0.3) is 0 Å². The molecule has 2 atom stereocenters. The number of hydrogen-bond donors (Lipinski definition) is 0. The van der Waals surface area contributed by atoms with E-state index in [0.717, 1.165) is 19.0 Å². The third-order valence-electron chi connectivity index (χ3n) is 1.85. The van der Waals surface area contributed by atoms with Gasteiger partial charge in [-0.05, 0) is 12.3 Å². The maximum atomic E-state index is 10.3. The van der Waals surface area contributed by atoms with Crippen LogP contribution in [-0.4, -0.2) is 12.6 Å². The molecule has 0 heterocycles. The Morgan fingerprint density at radius 3 is 2.30 bits per heavy atom. The summed E-state index contributed by atoms with van der Waals surface area (Å²) >= 11 is 0. The zero-order valence-electron chi connectivity index (χ0n) is 6.54. The molecule has 0 saturated carbocycles. The molecule has 0 aliphatic carbocycles. The average Bonchev–Trinajstić information content (AvgIpc) is 1.91. The summed E-state index contributed by atoms with van der Waals surface area (Å²) in [5.41, 5.74) is 0. The van der Waals surface area contributed by atoms with Crippen LogP contribution in [0.15, 0.2) is 0 Å². The fourth-order valence-corrected chi connectivity index (χ4v) is 0.959. The Balaban J connectivity index is 3.74. The van der Waals surface area contributed by atoms with Gasteiger partial charge in [0.1, 0.15) is 12.6 Å². The fourth-order valence-electron chi connectivity index (χ4n) is 0.959. The predicted octanol–water partition coefficient (Wildman–Crippen LogP) is 1.44. The zero-order chi connectivity index (χ0) is 7.98. The van der Waals surface area contributed by atoms with Crippen LogP contribution in [0, 0.1) is 11.8 Å². The van der Waals surface area contributed by atoms with Crippen molar-refractivity contribution < 1.29 is 9.59 Å². The molecule has 0 rings (SSSR count). The second kappa shape index (κ2) is 5.15. The van der Waals surface area contributed by atoms with Crippen LogP contribution in [0.2, 0.25) is 0 Å². The van der Waals surface area contributed by atoms with E-state index in [1.54, 1.807) is 0 Å². The second-order valence-corrected chi connectivity index (χ2v) is 2.59. The predicted molar refractivity (Wildman–Crippen MR) is 39.7 cm³/mol. The first-order chi connectivity index (χ1) is 4.76. The number of hydrogen-bond acceptors (Lipinski definition) is 2. The molecule has 2 heteroatoms. The Hall–Kier alpha value is -0.660. The Kier molecular flexibility index (Phi) is 4.81. The molecule has 58 valence electrons. The van der Waals surface area contributed by atoms with Crippen LogP contribution in [-0.2, 0) is 9.59 Å². The van der Waals surface area contributed by atoms with Crippen LogP contribution < -0.4 is 0 Å². The van der Waals surface area contributed by atoms with E-state index in [9.17, 15) is 9.59 Å². The third-order valence-corrected chi connectivity index (χ3v) is 1.85. The first-order valence-electron chi connectivity index (χ1n) is 3.65. The van der Waals surface area contributed by atoms with Crippen LogP contribution in [0.5, 0.6) is 0 Å². The normalized spacial score (nSPS) is 15.8. The zero-order valence-corrected chi connectivity index (χ0v) is 6.54. The van der Waals surface area contributed by atoms with Gasteiger partial charge in [-0.2, -0.15) is 0 Å². The minimum Gasteiger partial charge on any atom is -0.303 e. The molecule has 0 aromatic carbocycles. The van der Waals surface area contributed by atoms with Gasteiger partial charge in [-0.3, -0.25) is 0 Å². The number of carbonyl (C=O) groups is 2. The Morgan fingerprint density at radius 2 is 2.00 bits per heavy atom. The maximum absolute atomic E-state index is 10.3. The Morgan fingerprint density at radius 1 is 1.40 bits per heavy atom. The van der Waals surface area contributed by atoms with Gasteiger partial charge in [0.15, 0.2) is 0 Å². The van der Waals surface area contributed by atoms with Crippen molar-refractivity contribution in [3.63, 3.8) is 0 Å². The second-order valence-electron chi connectivity index (χ2n) is 2.59. The van der Waals surface area contributed by atoms with Crippen LogP contribution >= 0.6 is 0 Å². The Labute approximate surface area is 61.6 Å². The summed E-state index contributed by atoms with van der Waals surface area (Å²) in [6, 6.07) is 0. The maximum Gasteiger partial charge on any atom is 0.123 e. The highest BCUT2D eigenvalue weighted by Crippen LogP contribution is 2.14. The highest BCUT2D eigenvalue weighted by atomic mass is 16.1. The van der Waals surface area contributed by atoms with Crippen LogP contribution in [0.3, 0.4) is 0 Å². The summed E-state index contributed by atoms with van der Waals surface area (Å²) in [5.74, 6) is 0.269. The summed E-state index contributed by atoms with van der Waals surface area (Å²) in [6.07, 6.45) is 3.14. The summed E-state index contributed by atoms with van der Waals surface area (Å²) < 4.78 is 0. The van der Waals surface area contributed by atoms with Gasteiger partial charge in [-0.15, -0.1) is 0 Å². The van der Waals surface area contributed by atoms with E-state index in [-0.39, 0.29) is 11.8 Å². The number of aldehydes is 2. The molecule has 0 aromatic heterocycles. The lowest BCUT2D eigenvalue weighted by Gasteiger charge is -2.12. The Bertz CT molecular complexity index is 110. The lowest BCUT2D eigenvalue weighted by Crippen LogP contribution is -2.12. The van der Waals surface area contributed by atoms with Gasteiger partial charge in [-0.1, -0.05) is 13.8 Å². The van der Waals surface area contributed by atoms with Gasteiger partial charge in [0.2, 0.25) is 0 Å². The van der Waals surface area contributed by atoms with E-state index >= 15 is 0 Å². The van der Waals surface area contributed by atoms with Gasteiger partial charge >= 0.3 is 0 Å². The van der Waals surface area contributed by atoms with Crippen molar-refractivity contribution in [2.75, 3.05) is 0 Å². The number of carbonyl (C=O) groups excluding carboxylic acids is 2. The van der Waals surface area contributed by atoms with Gasteiger partial charge in [0, 0.05) is 12.3 Å². The first kappa shape index (κ1) is 9.34. The van der Waals surface area contributed by atoms with E-state index in [2.05, 4.69) is 0 Å².